The number of hydrogen-bond acceptors (Lipinski definition) is 2. The Morgan fingerprint density at radius 2 is 2.06 bits per heavy atom. The van der Waals surface area contributed by atoms with Crippen molar-refractivity contribution >= 4 is 45.7 Å². The van der Waals surface area contributed by atoms with E-state index in [4.69, 9.17) is 39.5 Å². The van der Waals surface area contributed by atoms with Crippen LogP contribution < -0.4 is 5.56 Å². The van der Waals surface area contributed by atoms with Crippen LogP contribution in [0.15, 0.2) is 23.3 Å². The SMILES string of the molecule is COC(c1c[nH]c2c(=O)[nH]ccc12)C(Cl)(Cl)Cl. The Hall–Kier alpha value is -0.680. The maximum absolute atomic E-state index is 11.5. The molecule has 0 aromatic carbocycles. The highest BCUT2D eigenvalue weighted by Gasteiger charge is 2.35. The molecule has 0 aliphatic carbocycles. The first-order chi connectivity index (χ1) is 7.95. The Morgan fingerprint density at radius 3 is 2.65 bits per heavy atom. The Labute approximate surface area is 112 Å². The van der Waals surface area contributed by atoms with Gasteiger partial charge in [-0.15, -0.1) is 0 Å². The molecule has 0 amide bonds. The van der Waals surface area contributed by atoms with E-state index in [2.05, 4.69) is 9.97 Å². The molecule has 2 aromatic heterocycles. The maximum Gasteiger partial charge on any atom is 0.272 e. The number of fused-ring (bicyclic) bond motifs is 1. The number of alkyl halides is 3. The second-order valence-corrected chi connectivity index (χ2v) is 5.87. The van der Waals surface area contributed by atoms with Gasteiger partial charge < -0.3 is 14.7 Å². The van der Waals surface area contributed by atoms with Crippen LogP contribution in [0.5, 0.6) is 0 Å². The predicted octanol–water partition coefficient (Wildman–Crippen LogP) is 2.91. The van der Waals surface area contributed by atoms with Crippen molar-refractivity contribution < 1.29 is 4.74 Å². The number of halogens is 3. The quantitative estimate of drug-likeness (QED) is 0.837. The van der Waals surface area contributed by atoms with Gasteiger partial charge in [0.2, 0.25) is 3.79 Å². The monoisotopic (exact) mass is 294 g/mol. The number of aromatic amines is 2. The summed E-state index contributed by atoms with van der Waals surface area (Å²) in [6.07, 6.45) is 2.39. The van der Waals surface area contributed by atoms with E-state index in [9.17, 15) is 4.79 Å². The number of rotatable bonds is 2. The van der Waals surface area contributed by atoms with E-state index in [-0.39, 0.29) is 5.56 Å². The molecule has 4 nitrogen and oxygen atoms in total. The lowest BCUT2D eigenvalue weighted by molar-refractivity contribution is 0.108. The smallest absolute Gasteiger partial charge is 0.272 e. The van der Waals surface area contributed by atoms with Crippen LogP contribution in [0.3, 0.4) is 0 Å². The molecule has 0 radical (unpaired) electrons. The summed E-state index contributed by atoms with van der Waals surface area (Å²) in [6.45, 7) is 0. The van der Waals surface area contributed by atoms with Crippen molar-refractivity contribution in [2.75, 3.05) is 7.11 Å². The Morgan fingerprint density at radius 1 is 1.35 bits per heavy atom. The van der Waals surface area contributed by atoms with Gasteiger partial charge in [-0.25, -0.2) is 0 Å². The first-order valence-electron chi connectivity index (χ1n) is 4.73. The molecular formula is C10H9Cl3N2O2. The van der Waals surface area contributed by atoms with Crippen molar-refractivity contribution in [2.45, 2.75) is 9.90 Å². The molecule has 0 saturated carbocycles. The third-order valence-corrected chi connectivity index (χ3v) is 3.05. The third kappa shape index (κ3) is 2.31. The van der Waals surface area contributed by atoms with Crippen LogP contribution in [-0.4, -0.2) is 20.9 Å². The van der Waals surface area contributed by atoms with Crippen molar-refractivity contribution in [2.24, 2.45) is 0 Å². The fraction of sp³-hybridized carbons (Fsp3) is 0.300. The van der Waals surface area contributed by atoms with Gasteiger partial charge in [0.15, 0.2) is 0 Å². The van der Waals surface area contributed by atoms with Gasteiger partial charge in [-0.1, -0.05) is 34.8 Å². The van der Waals surface area contributed by atoms with Gasteiger partial charge in [0.25, 0.3) is 5.56 Å². The zero-order chi connectivity index (χ0) is 12.6. The highest BCUT2D eigenvalue weighted by Crippen LogP contribution is 2.43. The predicted molar refractivity (Wildman–Crippen MR) is 69.0 cm³/mol. The normalized spacial score (nSPS) is 14.1. The summed E-state index contributed by atoms with van der Waals surface area (Å²) in [6, 6.07) is 1.73. The van der Waals surface area contributed by atoms with E-state index in [1.807, 2.05) is 0 Å². The Bertz CT molecular complexity index is 585. The summed E-state index contributed by atoms with van der Waals surface area (Å²) in [5.74, 6) is 0. The van der Waals surface area contributed by atoms with Gasteiger partial charge in [-0.2, -0.15) is 0 Å². The van der Waals surface area contributed by atoms with Gasteiger partial charge in [0.05, 0.1) is 0 Å². The number of nitrogens with one attached hydrogen (secondary N) is 2. The molecule has 0 spiro atoms. The average molecular weight is 296 g/mol. The van der Waals surface area contributed by atoms with E-state index in [0.29, 0.717) is 16.5 Å². The number of pyridine rings is 1. The van der Waals surface area contributed by atoms with Gasteiger partial charge in [-0.3, -0.25) is 4.79 Å². The molecule has 2 N–H and O–H groups in total. The van der Waals surface area contributed by atoms with E-state index >= 15 is 0 Å². The molecule has 0 saturated heterocycles. The zero-order valence-corrected chi connectivity index (χ0v) is 11.0. The molecule has 0 aliphatic rings. The molecule has 2 rings (SSSR count). The van der Waals surface area contributed by atoms with E-state index in [0.717, 1.165) is 0 Å². The van der Waals surface area contributed by atoms with E-state index < -0.39 is 9.90 Å². The minimum atomic E-state index is -1.60. The molecule has 92 valence electrons. The molecular weight excluding hydrogens is 286 g/mol. The molecule has 1 atom stereocenters. The summed E-state index contributed by atoms with van der Waals surface area (Å²) in [7, 11) is 1.44. The third-order valence-electron chi connectivity index (χ3n) is 2.46. The molecule has 0 aliphatic heterocycles. The van der Waals surface area contributed by atoms with E-state index in [1.165, 1.54) is 13.3 Å². The standard InChI is InChI=1S/C10H9Cl3N2O2/c1-17-8(10(11,12)13)6-4-15-7-5(6)2-3-14-9(7)16/h2-4,8,15H,1H3,(H,14,16). The number of aromatic nitrogens is 2. The molecule has 17 heavy (non-hydrogen) atoms. The number of methoxy groups -OCH3 is 1. The molecule has 0 bridgehead atoms. The van der Waals surface area contributed by atoms with Gasteiger partial charge in [0, 0.05) is 30.5 Å². The first-order valence-corrected chi connectivity index (χ1v) is 5.86. The van der Waals surface area contributed by atoms with Crippen molar-refractivity contribution in [3.8, 4) is 0 Å². The van der Waals surface area contributed by atoms with Crippen LogP contribution >= 0.6 is 34.8 Å². The molecule has 2 heterocycles. The summed E-state index contributed by atoms with van der Waals surface area (Å²) in [5.41, 5.74) is 0.834. The van der Waals surface area contributed by atoms with Crippen LogP contribution in [0.1, 0.15) is 11.7 Å². The lowest BCUT2D eigenvalue weighted by atomic mass is 10.1. The lowest BCUT2D eigenvalue weighted by Gasteiger charge is -2.22. The largest absolute Gasteiger partial charge is 0.372 e. The molecule has 1 unspecified atom stereocenters. The van der Waals surface area contributed by atoms with Crippen molar-refractivity contribution in [3.63, 3.8) is 0 Å². The van der Waals surface area contributed by atoms with Gasteiger partial charge in [-0.05, 0) is 6.07 Å². The number of H-pyrrole nitrogens is 2. The molecule has 7 heteroatoms. The van der Waals surface area contributed by atoms with Crippen molar-refractivity contribution in [1.82, 2.24) is 9.97 Å². The summed E-state index contributed by atoms with van der Waals surface area (Å²) in [4.78, 5) is 16.9. The van der Waals surface area contributed by atoms with Crippen molar-refractivity contribution in [3.05, 3.63) is 34.4 Å². The lowest BCUT2D eigenvalue weighted by Crippen LogP contribution is -2.18. The fourth-order valence-electron chi connectivity index (χ4n) is 1.74. The van der Waals surface area contributed by atoms with Crippen LogP contribution in [0, 0.1) is 0 Å². The minimum Gasteiger partial charge on any atom is -0.372 e. The number of ether oxygens (including phenoxy) is 1. The summed E-state index contributed by atoms with van der Waals surface area (Å²) < 4.78 is 3.57. The minimum absolute atomic E-state index is 0.229. The van der Waals surface area contributed by atoms with Crippen LogP contribution in [0.25, 0.3) is 10.9 Å². The average Bonchev–Trinajstić information content (AvgIpc) is 2.63. The Kier molecular flexibility index (Phi) is 3.41. The second kappa shape index (κ2) is 4.53. The molecule has 0 fully saturated rings. The topological polar surface area (TPSA) is 57.9 Å². The first kappa shape index (κ1) is 12.8. The zero-order valence-electron chi connectivity index (χ0n) is 8.76. The molecule has 2 aromatic rings. The number of hydrogen-bond donors (Lipinski definition) is 2. The fourth-order valence-corrected chi connectivity index (χ4v) is 2.36. The van der Waals surface area contributed by atoms with Crippen LogP contribution in [0.4, 0.5) is 0 Å². The summed E-state index contributed by atoms with van der Waals surface area (Å²) in [5, 5.41) is 0.673. The van der Waals surface area contributed by atoms with Gasteiger partial charge in [0.1, 0.15) is 11.6 Å². The van der Waals surface area contributed by atoms with Crippen LogP contribution in [0.2, 0.25) is 0 Å². The van der Waals surface area contributed by atoms with Crippen molar-refractivity contribution in [1.29, 1.82) is 0 Å². The van der Waals surface area contributed by atoms with Gasteiger partial charge >= 0.3 is 0 Å². The maximum atomic E-state index is 11.5. The van der Waals surface area contributed by atoms with E-state index in [1.54, 1.807) is 12.3 Å². The highest BCUT2D eigenvalue weighted by atomic mass is 35.6. The van der Waals surface area contributed by atoms with Crippen LogP contribution in [-0.2, 0) is 4.74 Å². The second-order valence-electron chi connectivity index (χ2n) is 3.50. The summed E-state index contributed by atoms with van der Waals surface area (Å²) >= 11 is 17.5. The highest BCUT2D eigenvalue weighted by molar-refractivity contribution is 6.68. The Balaban J connectivity index is 2.64.